The second kappa shape index (κ2) is 14.1. The summed E-state index contributed by atoms with van der Waals surface area (Å²) < 4.78 is 68.8. The van der Waals surface area contributed by atoms with E-state index < -0.39 is 80.9 Å². The van der Waals surface area contributed by atoms with Gasteiger partial charge >= 0.3 is 25.7 Å². The van der Waals surface area contributed by atoms with E-state index in [2.05, 4.69) is 20.3 Å². The van der Waals surface area contributed by atoms with E-state index in [0.717, 1.165) is 6.92 Å². The highest BCUT2D eigenvalue weighted by molar-refractivity contribution is 7.48. The minimum atomic E-state index is -4.70. The molecule has 3 heterocycles. The second-order valence-corrected chi connectivity index (χ2v) is 14.2. The number of carbonyl (C=O) groups is 3. The van der Waals surface area contributed by atoms with Gasteiger partial charge in [-0.05, 0) is 48.5 Å². The number of ether oxygens (including phenoxy) is 4. The van der Waals surface area contributed by atoms with E-state index in [9.17, 15) is 18.9 Å². The number of hydrogen-bond donors (Lipinski definition) is 2. The molecule has 4 unspecified atom stereocenters. The Morgan fingerprint density at radius 3 is 2.13 bits per heavy atom. The van der Waals surface area contributed by atoms with E-state index in [0.29, 0.717) is 0 Å². The minimum absolute atomic E-state index is 0.0862. The van der Waals surface area contributed by atoms with Gasteiger partial charge in [0, 0.05) is 13.5 Å². The molecule has 17 nitrogen and oxygen atoms in total. The zero-order valence-electron chi connectivity index (χ0n) is 27.3. The number of hydrogen-bond acceptors (Lipinski definition) is 16. The van der Waals surface area contributed by atoms with Crippen molar-refractivity contribution in [1.29, 1.82) is 0 Å². The third kappa shape index (κ3) is 8.67. The first-order valence-corrected chi connectivity index (χ1v) is 15.8. The predicted octanol–water partition coefficient (Wildman–Crippen LogP) is 3.65. The van der Waals surface area contributed by atoms with Gasteiger partial charge in [-0.3, -0.25) is 23.5 Å². The van der Waals surface area contributed by atoms with Gasteiger partial charge in [-0.25, -0.2) is 23.0 Å². The average Bonchev–Trinajstić information content (AvgIpc) is 3.47. The number of halogens is 1. The Kier molecular flexibility index (Phi) is 11.4. The molecule has 0 aromatic carbocycles. The largest absolute Gasteiger partial charge is 0.480 e. The number of aromatic nitrogens is 4. The lowest BCUT2D eigenvalue weighted by Gasteiger charge is -2.28. The SMILES string of the molecule is CCC(=O)OC1C(COP(=O)(OCOC(=O)C(C)(C)C)OCOC(=O)C(C)(C)C)OC(n2cnc3c(NC)nc(N)nc32)C1(C)F. The normalized spacial score (nSPS) is 22.1. The van der Waals surface area contributed by atoms with Crippen LogP contribution in [0, 0.1) is 10.8 Å². The van der Waals surface area contributed by atoms with Gasteiger partial charge in [0.1, 0.15) is 6.10 Å². The summed E-state index contributed by atoms with van der Waals surface area (Å²) in [5, 5.41) is 2.83. The molecule has 0 saturated carbocycles. The number of nitrogens with one attached hydrogen (secondary N) is 1. The summed E-state index contributed by atoms with van der Waals surface area (Å²) in [6.07, 6.45) is -3.32. The molecule has 3 rings (SSSR count). The van der Waals surface area contributed by atoms with Crippen LogP contribution in [0.25, 0.3) is 11.2 Å². The van der Waals surface area contributed by atoms with E-state index >= 15 is 4.39 Å². The maximum absolute atomic E-state index is 16.6. The van der Waals surface area contributed by atoms with Crippen molar-refractivity contribution in [2.45, 2.75) is 85.9 Å². The number of phosphoric ester groups is 1. The van der Waals surface area contributed by atoms with Crippen molar-refractivity contribution >= 4 is 48.7 Å². The Labute approximate surface area is 265 Å². The number of nitrogen functional groups attached to an aromatic ring is 1. The van der Waals surface area contributed by atoms with Crippen molar-refractivity contribution in [3.8, 4) is 0 Å². The standard InChI is InChI=1S/C27H42FN6O11P/c1-10-16(35)45-18-15(44-21(27(18,8)28)34-12-31-17-19(30-9)32-24(29)33-20(17)34)11-41-46(38,42-13-39-22(36)25(2,3)4)43-14-40-23(37)26(5,6)7/h12,15,18,21H,10-11,13-14H2,1-9H3,(H3,29,30,32,33). The van der Waals surface area contributed by atoms with Crippen molar-refractivity contribution in [2.75, 3.05) is 38.3 Å². The Hall–Kier alpha value is -3.44. The summed E-state index contributed by atoms with van der Waals surface area (Å²) in [5.74, 6) is -1.96. The van der Waals surface area contributed by atoms with Crippen LogP contribution in [0.4, 0.5) is 16.2 Å². The van der Waals surface area contributed by atoms with Gasteiger partial charge in [-0.2, -0.15) is 9.97 Å². The number of fused-ring (bicyclic) bond motifs is 1. The van der Waals surface area contributed by atoms with Crippen LogP contribution >= 0.6 is 7.82 Å². The monoisotopic (exact) mass is 676 g/mol. The second-order valence-electron chi connectivity index (χ2n) is 12.5. The molecule has 0 aliphatic carbocycles. The molecule has 46 heavy (non-hydrogen) atoms. The fourth-order valence-corrected chi connectivity index (χ4v) is 4.95. The number of nitrogens with zero attached hydrogens (tertiary/aromatic N) is 4. The van der Waals surface area contributed by atoms with E-state index in [-0.39, 0.29) is 29.4 Å². The molecule has 0 amide bonds. The van der Waals surface area contributed by atoms with Gasteiger partial charge in [0.05, 0.1) is 23.8 Å². The topological polar surface area (TPSA) is 215 Å². The summed E-state index contributed by atoms with van der Waals surface area (Å²) in [6, 6.07) is 0. The van der Waals surface area contributed by atoms with Crippen LogP contribution in [0.5, 0.6) is 0 Å². The van der Waals surface area contributed by atoms with Gasteiger partial charge in [0.25, 0.3) is 0 Å². The summed E-state index contributed by atoms with van der Waals surface area (Å²) in [4.78, 5) is 49.2. The number of anilines is 2. The number of phosphoric acid groups is 1. The highest BCUT2D eigenvalue weighted by atomic mass is 31.2. The van der Waals surface area contributed by atoms with Gasteiger partial charge in [-0.1, -0.05) is 6.92 Å². The summed E-state index contributed by atoms with van der Waals surface area (Å²) in [6.45, 7) is 9.78. The van der Waals surface area contributed by atoms with Crippen LogP contribution in [0.15, 0.2) is 6.33 Å². The molecule has 1 saturated heterocycles. The van der Waals surface area contributed by atoms with Crippen LogP contribution in [0.2, 0.25) is 0 Å². The van der Waals surface area contributed by atoms with Gasteiger partial charge in [0.15, 0.2) is 35.0 Å². The van der Waals surface area contributed by atoms with Crippen molar-refractivity contribution in [1.82, 2.24) is 19.5 Å². The lowest BCUT2D eigenvalue weighted by molar-refractivity contribution is -0.163. The number of nitrogens with two attached hydrogens (primary N) is 1. The van der Waals surface area contributed by atoms with Crippen molar-refractivity contribution in [3.05, 3.63) is 6.33 Å². The average molecular weight is 677 g/mol. The molecular weight excluding hydrogens is 634 g/mol. The Bertz CT molecular complexity index is 1440. The maximum Gasteiger partial charge on any atom is 0.480 e. The predicted molar refractivity (Wildman–Crippen MR) is 159 cm³/mol. The molecule has 2 aromatic rings. The van der Waals surface area contributed by atoms with E-state index in [1.807, 2.05) is 0 Å². The maximum atomic E-state index is 16.6. The number of carbonyl (C=O) groups excluding carboxylic acids is 3. The first-order chi connectivity index (χ1) is 21.2. The Balaban J connectivity index is 1.89. The van der Waals surface area contributed by atoms with Crippen molar-refractivity contribution in [3.63, 3.8) is 0 Å². The van der Waals surface area contributed by atoms with Crippen LogP contribution in [-0.4, -0.2) is 82.5 Å². The lowest BCUT2D eigenvalue weighted by atomic mass is 9.98. The number of imidazole rings is 1. The molecule has 3 N–H and O–H groups in total. The minimum Gasteiger partial charge on any atom is -0.456 e. The quantitative estimate of drug-likeness (QED) is 0.134. The third-order valence-corrected chi connectivity index (χ3v) is 7.89. The van der Waals surface area contributed by atoms with Gasteiger partial charge in [-0.15, -0.1) is 0 Å². The smallest absolute Gasteiger partial charge is 0.456 e. The van der Waals surface area contributed by atoms with Crippen LogP contribution < -0.4 is 11.1 Å². The van der Waals surface area contributed by atoms with Crippen LogP contribution in [0.1, 0.15) is 68.0 Å². The van der Waals surface area contributed by atoms with Gasteiger partial charge < -0.3 is 30.0 Å². The number of esters is 3. The molecule has 1 aliphatic heterocycles. The molecular formula is C27H42FN6O11P. The van der Waals surface area contributed by atoms with Crippen molar-refractivity contribution < 1.29 is 55.9 Å². The molecule has 1 aliphatic rings. The molecule has 0 bridgehead atoms. The molecule has 4 atom stereocenters. The summed E-state index contributed by atoms with van der Waals surface area (Å²) in [5.41, 5.74) is 1.98. The van der Waals surface area contributed by atoms with Crippen molar-refractivity contribution in [2.24, 2.45) is 10.8 Å². The Morgan fingerprint density at radius 2 is 1.63 bits per heavy atom. The van der Waals surface area contributed by atoms with E-state index in [4.69, 9.17) is 38.3 Å². The molecule has 1 fully saturated rings. The molecule has 0 spiro atoms. The fraction of sp³-hybridized carbons (Fsp3) is 0.704. The first kappa shape index (κ1) is 37.0. The Morgan fingerprint density at radius 1 is 1.07 bits per heavy atom. The fourth-order valence-electron chi connectivity index (χ4n) is 4.03. The zero-order valence-corrected chi connectivity index (χ0v) is 28.2. The highest BCUT2D eigenvalue weighted by Crippen LogP contribution is 2.52. The van der Waals surface area contributed by atoms with Crippen LogP contribution in [0.3, 0.4) is 0 Å². The third-order valence-electron chi connectivity index (χ3n) is 6.58. The number of rotatable bonds is 13. The molecule has 2 aromatic heterocycles. The summed E-state index contributed by atoms with van der Waals surface area (Å²) in [7, 11) is -3.10. The summed E-state index contributed by atoms with van der Waals surface area (Å²) >= 11 is 0. The molecule has 258 valence electrons. The van der Waals surface area contributed by atoms with E-state index in [1.165, 1.54) is 17.8 Å². The van der Waals surface area contributed by atoms with Gasteiger partial charge in [0.2, 0.25) is 19.5 Å². The van der Waals surface area contributed by atoms with Crippen LogP contribution in [-0.2, 0) is 51.5 Å². The lowest BCUT2D eigenvalue weighted by Crippen LogP contribution is -2.44. The molecule has 0 radical (unpaired) electrons. The first-order valence-electron chi connectivity index (χ1n) is 14.3. The molecule has 19 heteroatoms. The zero-order chi connectivity index (χ0) is 34.7. The van der Waals surface area contributed by atoms with E-state index in [1.54, 1.807) is 48.6 Å². The number of alkyl halides is 1. The highest BCUT2D eigenvalue weighted by Gasteiger charge is 2.58.